The highest BCUT2D eigenvalue weighted by Crippen LogP contribution is 2.35. The number of fused-ring (bicyclic) bond motifs is 1. The van der Waals surface area contributed by atoms with Crippen LogP contribution < -0.4 is 0 Å². The molecule has 0 bridgehead atoms. The minimum Gasteiger partial charge on any atom is -0.431 e. The van der Waals surface area contributed by atoms with Crippen LogP contribution in [-0.2, 0) is 0 Å². The highest BCUT2D eigenvalue weighted by atomic mass is 32.2. The first-order valence-electron chi connectivity index (χ1n) is 5.75. The summed E-state index contributed by atoms with van der Waals surface area (Å²) >= 11 is 1.60. The van der Waals surface area contributed by atoms with Gasteiger partial charge in [0.2, 0.25) is 0 Å². The van der Waals surface area contributed by atoms with E-state index in [1.165, 1.54) is 5.56 Å². The molecule has 0 saturated heterocycles. The summed E-state index contributed by atoms with van der Waals surface area (Å²) in [5.74, 6) is 0. The molecular weight excluding hydrogens is 244 g/mol. The summed E-state index contributed by atoms with van der Waals surface area (Å²) < 4.78 is 5.69. The highest BCUT2D eigenvalue weighted by molar-refractivity contribution is 7.99. The van der Waals surface area contributed by atoms with Gasteiger partial charge in [-0.2, -0.15) is 0 Å². The van der Waals surface area contributed by atoms with Crippen LogP contribution in [0.15, 0.2) is 58.4 Å². The predicted molar refractivity (Wildman–Crippen MR) is 72.5 cm³/mol. The van der Waals surface area contributed by atoms with E-state index in [-0.39, 0.29) is 5.25 Å². The molecule has 0 aliphatic rings. The number of aromatic nitrogens is 2. The van der Waals surface area contributed by atoms with E-state index in [0.29, 0.717) is 5.22 Å². The predicted octanol–water partition coefficient (Wildman–Crippen LogP) is 4.08. The van der Waals surface area contributed by atoms with Crippen LogP contribution in [-0.4, -0.2) is 9.97 Å². The van der Waals surface area contributed by atoms with Crippen molar-refractivity contribution in [3.05, 3.63) is 54.4 Å². The van der Waals surface area contributed by atoms with Crippen molar-refractivity contribution in [2.45, 2.75) is 17.4 Å². The minimum absolute atomic E-state index is 0.270. The first-order valence-corrected chi connectivity index (χ1v) is 6.63. The standard InChI is InChI=1S/C14H12N2OS/c1-10(11-5-4-8-15-9-11)18-14-16-12-6-2-3-7-13(12)17-14/h2-10H,1H3/t10-/m1/s1. The molecule has 0 amide bonds. The molecule has 0 N–H and O–H groups in total. The van der Waals surface area contributed by atoms with Gasteiger partial charge in [-0.1, -0.05) is 30.0 Å². The van der Waals surface area contributed by atoms with Crippen LogP contribution >= 0.6 is 11.8 Å². The molecule has 0 radical (unpaired) electrons. The normalized spacial score (nSPS) is 12.7. The lowest BCUT2D eigenvalue weighted by Gasteiger charge is -2.07. The number of para-hydroxylation sites is 2. The van der Waals surface area contributed by atoms with E-state index in [2.05, 4.69) is 23.0 Å². The van der Waals surface area contributed by atoms with E-state index in [0.717, 1.165) is 11.1 Å². The molecular formula is C14H12N2OS. The summed E-state index contributed by atoms with van der Waals surface area (Å²) in [5, 5.41) is 0.972. The lowest BCUT2D eigenvalue weighted by molar-refractivity contribution is 0.488. The van der Waals surface area contributed by atoms with Crippen LogP contribution in [0.4, 0.5) is 0 Å². The number of pyridine rings is 1. The van der Waals surface area contributed by atoms with Crippen molar-refractivity contribution < 1.29 is 4.42 Å². The van der Waals surface area contributed by atoms with Gasteiger partial charge in [0.15, 0.2) is 5.58 Å². The summed E-state index contributed by atoms with van der Waals surface area (Å²) in [5.41, 5.74) is 2.90. The Hall–Kier alpha value is -1.81. The quantitative estimate of drug-likeness (QED) is 0.662. The van der Waals surface area contributed by atoms with Crippen molar-refractivity contribution in [3.63, 3.8) is 0 Å². The second kappa shape index (κ2) is 4.82. The lowest BCUT2D eigenvalue weighted by atomic mass is 10.2. The van der Waals surface area contributed by atoms with Crippen molar-refractivity contribution in [2.75, 3.05) is 0 Å². The Kier molecular flexibility index (Phi) is 3.02. The van der Waals surface area contributed by atoms with E-state index < -0.39 is 0 Å². The Morgan fingerprint density at radius 3 is 2.83 bits per heavy atom. The van der Waals surface area contributed by atoms with Crippen LogP contribution in [0, 0.1) is 0 Å². The average molecular weight is 256 g/mol. The molecule has 2 heterocycles. The third kappa shape index (κ3) is 2.24. The lowest BCUT2D eigenvalue weighted by Crippen LogP contribution is -1.88. The Morgan fingerprint density at radius 2 is 2.06 bits per heavy atom. The van der Waals surface area contributed by atoms with Crippen LogP contribution in [0.2, 0.25) is 0 Å². The Balaban J connectivity index is 1.84. The molecule has 3 rings (SSSR count). The number of nitrogens with zero attached hydrogens (tertiary/aromatic N) is 2. The fraction of sp³-hybridized carbons (Fsp3) is 0.143. The highest BCUT2D eigenvalue weighted by Gasteiger charge is 2.12. The Labute approximate surface area is 109 Å². The minimum atomic E-state index is 0.270. The molecule has 0 aliphatic heterocycles. The van der Waals surface area contributed by atoms with Gasteiger partial charge in [0.25, 0.3) is 5.22 Å². The zero-order chi connectivity index (χ0) is 12.4. The maximum Gasteiger partial charge on any atom is 0.257 e. The number of benzene rings is 1. The fourth-order valence-electron chi connectivity index (χ4n) is 1.74. The van der Waals surface area contributed by atoms with Gasteiger partial charge in [-0.3, -0.25) is 4.98 Å². The molecule has 2 aromatic heterocycles. The van der Waals surface area contributed by atoms with Crippen LogP contribution in [0.3, 0.4) is 0 Å². The molecule has 90 valence electrons. The summed E-state index contributed by atoms with van der Waals surface area (Å²) in [6.45, 7) is 2.12. The Bertz CT molecular complexity index is 618. The molecule has 0 fully saturated rings. The second-order valence-corrected chi connectivity index (χ2v) is 5.29. The maximum absolute atomic E-state index is 5.69. The summed E-state index contributed by atoms with van der Waals surface area (Å²) in [6, 6.07) is 11.8. The van der Waals surface area contributed by atoms with Crippen molar-refractivity contribution >= 4 is 22.9 Å². The van der Waals surface area contributed by atoms with Crippen molar-refractivity contribution in [2.24, 2.45) is 0 Å². The third-order valence-electron chi connectivity index (χ3n) is 2.71. The molecule has 3 aromatic rings. The molecule has 0 unspecified atom stereocenters. The smallest absolute Gasteiger partial charge is 0.257 e. The third-order valence-corrected chi connectivity index (χ3v) is 3.71. The zero-order valence-corrected chi connectivity index (χ0v) is 10.7. The van der Waals surface area contributed by atoms with Crippen molar-refractivity contribution in [1.29, 1.82) is 0 Å². The maximum atomic E-state index is 5.69. The molecule has 0 saturated carbocycles. The van der Waals surface area contributed by atoms with Crippen LogP contribution in [0.5, 0.6) is 0 Å². The Morgan fingerprint density at radius 1 is 1.17 bits per heavy atom. The van der Waals surface area contributed by atoms with E-state index in [1.807, 2.05) is 36.5 Å². The summed E-state index contributed by atoms with van der Waals surface area (Å²) in [4.78, 5) is 8.58. The molecule has 1 aromatic carbocycles. The molecule has 18 heavy (non-hydrogen) atoms. The SMILES string of the molecule is C[C@@H](Sc1nc2ccccc2o1)c1cccnc1. The first-order chi connectivity index (χ1) is 8.83. The van der Waals surface area contributed by atoms with E-state index in [4.69, 9.17) is 4.42 Å². The zero-order valence-electron chi connectivity index (χ0n) is 9.91. The molecule has 0 spiro atoms. The topological polar surface area (TPSA) is 38.9 Å². The van der Waals surface area contributed by atoms with Gasteiger partial charge in [-0.15, -0.1) is 0 Å². The summed E-state index contributed by atoms with van der Waals surface area (Å²) in [7, 11) is 0. The second-order valence-electron chi connectivity index (χ2n) is 3.99. The fourth-order valence-corrected chi connectivity index (χ4v) is 2.60. The monoisotopic (exact) mass is 256 g/mol. The van der Waals surface area contributed by atoms with Gasteiger partial charge in [0.1, 0.15) is 5.52 Å². The van der Waals surface area contributed by atoms with Crippen LogP contribution in [0.1, 0.15) is 17.7 Å². The largest absolute Gasteiger partial charge is 0.431 e. The van der Waals surface area contributed by atoms with Gasteiger partial charge in [-0.25, -0.2) is 4.98 Å². The number of rotatable bonds is 3. The van der Waals surface area contributed by atoms with Gasteiger partial charge in [-0.05, 0) is 30.7 Å². The van der Waals surface area contributed by atoms with Gasteiger partial charge >= 0.3 is 0 Å². The molecule has 0 aliphatic carbocycles. The van der Waals surface area contributed by atoms with E-state index >= 15 is 0 Å². The number of hydrogen-bond donors (Lipinski definition) is 0. The van der Waals surface area contributed by atoms with E-state index in [1.54, 1.807) is 18.0 Å². The average Bonchev–Trinajstić information content (AvgIpc) is 2.82. The van der Waals surface area contributed by atoms with Crippen molar-refractivity contribution in [3.8, 4) is 0 Å². The number of hydrogen-bond acceptors (Lipinski definition) is 4. The molecule has 3 nitrogen and oxygen atoms in total. The van der Waals surface area contributed by atoms with Gasteiger partial charge in [0, 0.05) is 17.6 Å². The van der Waals surface area contributed by atoms with Gasteiger partial charge < -0.3 is 4.42 Å². The van der Waals surface area contributed by atoms with Crippen molar-refractivity contribution in [1.82, 2.24) is 9.97 Å². The van der Waals surface area contributed by atoms with E-state index in [9.17, 15) is 0 Å². The van der Waals surface area contributed by atoms with Gasteiger partial charge in [0.05, 0.1) is 0 Å². The number of oxazole rings is 1. The molecule has 4 heteroatoms. The first kappa shape index (κ1) is 11.3. The molecule has 1 atom stereocenters. The summed E-state index contributed by atoms with van der Waals surface area (Å²) in [6.07, 6.45) is 3.65. The number of thioether (sulfide) groups is 1. The van der Waals surface area contributed by atoms with Crippen LogP contribution in [0.25, 0.3) is 11.1 Å².